The summed E-state index contributed by atoms with van der Waals surface area (Å²) in [4.78, 5) is 31.0. The standard InChI is InChI=1S/C12H25O5P/c1-4-7-9-12(6-3,18(14,15)16)11(13)17-10-8-5-2/h4-10H2,1-3H3,(H2,14,15,16). The lowest BCUT2D eigenvalue weighted by Crippen LogP contribution is -2.39. The first-order chi connectivity index (χ1) is 8.35. The molecule has 0 spiro atoms. The number of rotatable bonds is 9. The second kappa shape index (κ2) is 7.93. The molecule has 0 bridgehead atoms. The summed E-state index contributed by atoms with van der Waals surface area (Å²) in [5.41, 5.74) is 0. The number of esters is 1. The molecule has 0 fully saturated rings. The molecule has 1 atom stereocenters. The number of carbonyl (C=O) groups is 1. The van der Waals surface area contributed by atoms with Gasteiger partial charge in [-0.25, -0.2) is 0 Å². The fourth-order valence-corrected chi connectivity index (χ4v) is 2.97. The van der Waals surface area contributed by atoms with E-state index in [1.54, 1.807) is 6.92 Å². The van der Waals surface area contributed by atoms with Gasteiger partial charge in [0, 0.05) is 0 Å². The molecule has 0 saturated heterocycles. The third-order valence-electron chi connectivity index (χ3n) is 3.20. The summed E-state index contributed by atoms with van der Waals surface area (Å²) in [5.74, 6) is -0.750. The maximum Gasteiger partial charge on any atom is 0.342 e. The maximum absolute atomic E-state index is 12.0. The van der Waals surface area contributed by atoms with Crippen LogP contribution in [-0.4, -0.2) is 27.5 Å². The van der Waals surface area contributed by atoms with Gasteiger partial charge in [-0.3, -0.25) is 9.36 Å². The molecule has 0 aromatic carbocycles. The first-order valence-electron chi connectivity index (χ1n) is 6.58. The lowest BCUT2D eigenvalue weighted by atomic mass is 9.98. The normalized spacial score (nSPS) is 15.2. The second-order valence-electron chi connectivity index (χ2n) is 4.52. The minimum absolute atomic E-state index is 0.0994. The van der Waals surface area contributed by atoms with Crippen molar-refractivity contribution < 1.29 is 23.9 Å². The van der Waals surface area contributed by atoms with Gasteiger partial charge < -0.3 is 14.5 Å². The van der Waals surface area contributed by atoms with E-state index in [9.17, 15) is 19.1 Å². The monoisotopic (exact) mass is 280 g/mol. The third-order valence-corrected chi connectivity index (χ3v) is 5.03. The number of unbranched alkanes of at least 4 members (excludes halogenated alkanes) is 2. The van der Waals surface area contributed by atoms with Crippen molar-refractivity contribution in [2.75, 3.05) is 6.61 Å². The summed E-state index contributed by atoms with van der Waals surface area (Å²) >= 11 is 0. The van der Waals surface area contributed by atoms with Gasteiger partial charge in [-0.1, -0.05) is 40.0 Å². The molecule has 1 unspecified atom stereocenters. The molecule has 108 valence electrons. The van der Waals surface area contributed by atoms with E-state index >= 15 is 0 Å². The molecule has 2 N–H and O–H groups in total. The molecule has 18 heavy (non-hydrogen) atoms. The van der Waals surface area contributed by atoms with Gasteiger partial charge in [-0.05, 0) is 19.3 Å². The number of hydrogen-bond acceptors (Lipinski definition) is 3. The zero-order valence-electron chi connectivity index (χ0n) is 11.5. The highest BCUT2D eigenvalue weighted by Gasteiger charge is 2.52. The van der Waals surface area contributed by atoms with Crippen LogP contribution in [0.25, 0.3) is 0 Å². The van der Waals surface area contributed by atoms with Gasteiger partial charge in [0.2, 0.25) is 0 Å². The first-order valence-corrected chi connectivity index (χ1v) is 8.19. The molecule has 0 aromatic heterocycles. The van der Waals surface area contributed by atoms with Crippen molar-refractivity contribution >= 4 is 13.6 Å². The largest absolute Gasteiger partial charge is 0.465 e. The van der Waals surface area contributed by atoms with Crippen LogP contribution in [-0.2, 0) is 14.1 Å². The Morgan fingerprint density at radius 3 is 2.11 bits per heavy atom. The molecule has 0 aliphatic rings. The van der Waals surface area contributed by atoms with Gasteiger partial charge in [-0.15, -0.1) is 0 Å². The maximum atomic E-state index is 12.0. The lowest BCUT2D eigenvalue weighted by Gasteiger charge is -2.30. The van der Waals surface area contributed by atoms with Crippen LogP contribution in [0.15, 0.2) is 0 Å². The van der Waals surface area contributed by atoms with Gasteiger partial charge in [0.15, 0.2) is 5.16 Å². The van der Waals surface area contributed by atoms with Gasteiger partial charge in [0.05, 0.1) is 6.61 Å². The van der Waals surface area contributed by atoms with Crippen molar-refractivity contribution in [2.24, 2.45) is 0 Å². The summed E-state index contributed by atoms with van der Waals surface area (Å²) in [5, 5.41) is -1.66. The Kier molecular flexibility index (Phi) is 7.76. The van der Waals surface area contributed by atoms with Crippen LogP contribution in [0.5, 0.6) is 0 Å². The van der Waals surface area contributed by atoms with Crippen LogP contribution in [0.3, 0.4) is 0 Å². The van der Waals surface area contributed by atoms with Crippen molar-refractivity contribution in [1.82, 2.24) is 0 Å². The van der Waals surface area contributed by atoms with E-state index in [2.05, 4.69) is 0 Å². The van der Waals surface area contributed by atoms with E-state index in [0.29, 0.717) is 12.8 Å². The summed E-state index contributed by atoms with van der Waals surface area (Å²) in [6.07, 6.45) is 3.24. The first kappa shape index (κ1) is 17.6. The zero-order valence-corrected chi connectivity index (χ0v) is 12.4. The molecule has 0 aliphatic carbocycles. The molecule has 0 rings (SSSR count). The van der Waals surface area contributed by atoms with E-state index in [0.717, 1.165) is 12.8 Å². The van der Waals surface area contributed by atoms with E-state index in [4.69, 9.17) is 4.74 Å². The SMILES string of the molecule is CCCCOC(=O)C(CC)(CCCC)P(=O)(O)O. The predicted molar refractivity (Wildman–Crippen MR) is 70.5 cm³/mol. The molecule has 0 aliphatic heterocycles. The van der Waals surface area contributed by atoms with E-state index in [1.807, 2.05) is 13.8 Å². The summed E-state index contributed by atoms with van der Waals surface area (Å²) < 4.78 is 16.7. The topological polar surface area (TPSA) is 83.8 Å². The Hall–Kier alpha value is -0.380. The number of hydrogen-bond donors (Lipinski definition) is 2. The summed E-state index contributed by atoms with van der Waals surface area (Å²) in [6, 6.07) is 0. The lowest BCUT2D eigenvalue weighted by molar-refractivity contribution is -0.148. The summed E-state index contributed by atoms with van der Waals surface area (Å²) in [7, 11) is -4.52. The van der Waals surface area contributed by atoms with E-state index in [-0.39, 0.29) is 19.4 Å². The fraction of sp³-hybridized carbons (Fsp3) is 0.917. The Labute approximate surface area is 109 Å². The predicted octanol–water partition coefficient (Wildman–Crippen LogP) is 2.85. The van der Waals surface area contributed by atoms with Gasteiger partial charge >= 0.3 is 13.6 Å². The van der Waals surface area contributed by atoms with Crippen molar-refractivity contribution in [3.8, 4) is 0 Å². The molecule has 5 nitrogen and oxygen atoms in total. The Balaban J connectivity index is 4.94. The second-order valence-corrected chi connectivity index (χ2v) is 6.47. The minimum Gasteiger partial charge on any atom is -0.465 e. The fourth-order valence-electron chi connectivity index (χ4n) is 1.81. The quantitative estimate of drug-likeness (QED) is 0.385. The third kappa shape index (κ3) is 4.38. The van der Waals surface area contributed by atoms with Crippen molar-refractivity contribution in [1.29, 1.82) is 0 Å². The zero-order chi connectivity index (χ0) is 14.2. The van der Waals surface area contributed by atoms with Crippen molar-refractivity contribution in [2.45, 2.75) is 64.5 Å². The highest BCUT2D eigenvalue weighted by atomic mass is 31.2. The van der Waals surface area contributed by atoms with Crippen LogP contribution < -0.4 is 0 Å². The Bertz CT molecular complexity index is 299. The Morgan fingerprint density at radius 1 is 1.17 bits per heavy atom. The molecular formula is C12H25O5P. The van der Waals surface area contributed by atoms with E-state index in [1.165, 1.54) is 0 Å². The van der Waals surface area contributed by atoms with Crippen LogP contribution in [0.4, 0.5) is 0 Å². The molecule has 0 heterocycles. The van der Waals surface area contributed by atoms with Gasteiger partial charge in [-0.2, -0.15) is 0 Å². The van der Waals surface area contributed by atoms with Gasteiger partial charge in [0.25, 0.3) is 0 Å². The number of ether oxygens (including phenoxy) is 1. The minimum atomic E-state index is -4.52. The van der Waals surface area contributed by atoms with Crippen molar-refractivity contribution in [3.63, 3.8) is 0 Å². The smallest absolute Gasteiger partial charge is 0.342 e. The highest BCUT2D eigenvalue weighted by Crippen LogP contribution is 2.55. The molecule has 6 heteroatoms. The Morgan fingerprint density at radius 2 is 1.72 bits per heavy atom. The molecule has 0 amide bonds. The van der Waals surface area contributed by atoms with Crippen LogP contribution in [0.2, 0.25) is 0 Å². The highest BCUT2D eigenvalue weighted by molar-refractivity contribution is 7.54. The van der Waals surface area contributed by atoms with Crippen molar-refractivity contribution in [3.05, 3.63) is 0 Å². The van der Waals surface area contributed by atoms with Gasteiger partial charge in [0.1, 0.15) is 0 Å². The summed E-state index contributed by atoms with van der Waals surface area (Å²) in [6.45, 7) is 5.72. The average molecular weight is 280 g/mol. The average Bonchev–Trinajstić information content (AvgIpc) is 2.29. The molecule has 0 aromatic rings. The number of carbonyl (C=O) groups excluding carboxylic acids is 1. The van der Waals surface area contributed by atoms with Crippen LogP contribution in [0.1, 0.15) is 59.3 Å². The molecule has 0 saturated carbocycles. The van der Waals surface area contributed by atoms with Crippen LogP contribution in [0, 0.1) is 0 Å². The van der Waals surface area contributed by atoms with E-state index < -0.39 is 18.7 Å². The van der Waals surface area contributed by atoms with Crippen LogP contribution >= 0.6 is 7.60 Å². The molecular weight excluding hydrogens is 255 g/mol. The molecule has 0 radical (unpaired) electrons.